The van der Waals surface area contributed by atoms with Crippen LogP contribution in [0.3, 0.4) is 0 Å². The van der Waals surface area contributed by atoms with Crippen LogP contribution in [-0.4, -0.2) is 27.5 Å². The number of carboxylic acid groups (broad SMARTS) is 1. The number of carbonyl (C=O) groups is 1. The van der Waals surface area contributed by atoms with Crippen molar-refractivity contribution in [2.45, 2.75) is 44.4 Å². The minimum absolute atomic E-state index is 0.0491. The van der Waals surface area contributed by atoms with E-state index in [9.17, 15) is 18.0 Å². The summed E-state index contributed by atoms with van der Waals surface area (Å²) in [7, 11) is 0. The summed E-state index contributed by atoms with van der Waals surface area (Å²) in [4.78, 5) is 11.1. The van der Waals surface area contributed by atoms with Gasteiger partial charge in [0.25, 0.3) is 0 Å². The number of rotatable bonds is 6. The van der Waals surface area contributed by atoms with Gasteiger partial charge in [-0.1, -0.05) is 18.2 Å². The van der Waals surface area contributed by atoms with E-state index in [4.69, 9.17) is 14.6 Å². The van der Waals surface area contributed by atoms with E-state index < -0.39 is 29.6 Å². The summed E-state index contributed by atoms with van der Waals surface area (Å²) >= 11 is 0. The van der Waals surface area contributed by atoms with Gasteiger partial charge < -0.3 is 14.6 Å². The number of hydrogen-bond donors (Lipinski definition) is 1. The molecule has 0 amide bonds. The van der Waals surface area contributed by atoms with Crippen molar-refractivity contribution in [3.63, 3.8) is 0 Å². The highest BCUT2D eigenvalue weighted by molar-refractivity contribution is 5.75. The van der Waals surface area contributed by atoms with Crippen molar-refractivity contribution in [3.05, 3.63) is 94.6 Å². The number of hydrogen-bond acceptors (Lipinski definition) is 4. The summed E-state index contributed by atoms with van der Waals surface area (Å²) < 4.78 is 71.1. The maximum Gasteiger partial charge on any atom is 0.417 e. The van der Waals surface area contributed by atoms with Crippen molar-refractivity contribution in [1.82, 2.24) is 9.78 Å². The van der Waals surface area contributed by atoms with E-state index in [0.29, 0.717) is 35.2 Å². The number of aromatic nitrogens is 2. The predicted octanol–water partition coefficient (Wildman–Crippen LogP) is 7.02. The Morgan fingerprint density at radius 2 is 1.93 bits per heavy atom. The molecule has 10 heteroatoms. The molecule has 2 heterocycles. The van der Waals surface area contributed by atoms with Gasteiger partial charge >= 0.3 is 12.1 Å². The molecule has 6 nitrogen and oxygen atoms in total. The number of aryl methyl sites for hydroxylation is 1. The fourth-order valence-corrected chi connectivity index (χ4v) is 5.63. The van der Waals surface area contributed by atoms with E-state index in [1.54, 1.807) is 53.3 Å². The second-order valence-corrected chi connectivity index (χ2v) is 10.1. The van der Waals surface area contributed by atoms with Crippen molar-refractivity contribution in [2.75, 3.05) is 6.61 Å². The zero-order chi connectivity index (χ0) is 28.2. The third-order valence-electron chi connectivity index (χ3n) is 7.42. The molecule has 6 rings (SSSR count). The number of nitrogens with zero attached hydrogens (tertiary/aromatic N) is 2. The molecular formula is C30H24F4N2O4. The summed E-state index contributed by atoms with van der Waals surface area (Å²) in [5, 5.41) is 13.4. The molecule has 1 unspecified atom stereocenters. The molecule has 206 valence electrons. The van der Waals surface area contributed by atoms with Gasteiger partial charge in [-0.05, 0) is 66.8 Å². The Kier molecular flexibility index (Phi) is 6.28. The molecule has 0 bridgehead atoms. The van der Waals surface area contributed by atoms with Crippen molar-refractivity contribution in [2.24, 2.45) is 0 Å². The fourth-order valence-electron chi connectivity index (χ4n) is 5.63. The Morgan fingerprint density at radius 3 is 2.60 bits per heavy atom. The van der Waals surface area contributed by atoms with Gasteiger partial charge in [0.15, 0.2) is 0 Å². The first-order valence-corrected chi connectivity index (χ1v) is 12.8. The van der Waals surface area contributed by atoms with Crippen LogP contribution in [0.1, 0.15) is 52.8 Å². The molecule has 1 N–H and O–H groups in total. The number of aliphatic carboxylic acids is 1. The zero-order valence-electron chi connectivity index (χ0n) is 21.3. The summed E-state index contributed by atoms with van der Waals surface area (Å²) in [5.74, 6) is -1.32. The zero-order valence-corrected chi connectivity index (χ0v) is 21.3. The Labute approximate surface area is 226 Å². The van der Waals surface area contributed by atoms with E-state index in [1.807, 2.05) is 13.0 Å². The Bertz CT molecular complexity index is 1610. The topological polar surface area (TPSA) is 73.6 Å². The van der Waals surface area contributed by atoms with Crippen LogP contribution in [0.25, 0.3) is 16.8 Å². The van der Waals surface area contributed by atoms with Gasteiger partial charge in [0, 0.05) is 29.3 Å². The molecule has 0 spiro atoms. The second-order valence-electron chi connectivity index (χ2n) is 10.1. The first kappa shape index (κ1) is 25.9. The number of halogens is 4. The Hall–Kier alpha value is -4.34. The van der Waals surface area contributed by atoms with E-state index in [1.165, 1.54) is 0 Å². The highest BCUT2D eigenvalue weighted by atomic mass is 19.4. The molecule has 2 aliphatic rings. The molecule has 0 saturated carbocycles. The average Bonchev–Trinajstić information content (AvgIpc) is 3.63. The Balaban J connectivity index is 1.35. The third kappa shape index (κ3) is 4.67. The van der Waals surface area contributed by atoms with Crippen molar-refractivity contribution in [1.29, 1.82) is 0 Å². The minimum atomic E-state index is -4.76. The largest absolute Gasteiger partial charge is 0.492 e. The van der Waals surface area contributed by atoms with Crippen LogP contribution in [0.5, 0.6) is 11.5 Å². The van der Waals surface area contributed by atoms with Crippen LogP contribution >= 0.6 is 0 Å². The molecular weight excluding hydrogens is 528 g/mol. The van der Waals surface area contributed by atoms with Gasteiger partial charge in [0.05, 0.1) is 30.0 Å². The first-order chi connectivity index (χ1) is 19.1. The van der Waals surface area contributed by atoms with Gasteiger partial charge in [0.1, 0.15) is 23.4 Å². The van der Waals surface area contributed by atoms with Gasteiger partial charge in [-0.3, -0.25) is 4.79 Å². The van der Waals surface area contributed by atoms with Gasteiger partial charge in [-0.15, -0.1) is 0 Å². The maximum atomic E-state index is 15.3. The normalized spacial score (nSPS) is 17.8. The first-order valence-electron chi connectivity index (χ1n) is 12.8. The average molecular weight is 553 g/mol. The van der Waals surface area contributed by atoms with Crippen molar-refractivity contribution in [3.8, 4) is 28.3 Å². The number of carboxylic acids is 1. The van der Waals surface area contributed by atoms with Crippen LogP contribution in [0.2, 0.25) is 0 Å². The lowest BCUT2D eigenvalue weighted by molar-refractivity contribution is -0.138. The van der Waals surface area contributed by atoms with Crippen LogP contribution in [0, 0.1) is 12.7 Å². The van der Waals surface area contributed by atoms with Crippen LogP contribution < -0.4 is 9.47 Å². The van der Waals surface area contributed by atoms with Gasteiger partial charge in [-0.2, -0.15) is 18.3 Å². The number of alkyl halides is 3. The van der Waals surface area contributed by atoms with Gasteiger partial charge in [-0.25, -0.2) is 9.07 Å². The van der Waals surface area contributed by atoms with Gasteiger partial charge in [0.2, 0.25) is 0 Å². The summed E-state index contributed by atoms with van der Waals surface area (Å²) in [5.41, 5.74) is 1.88. The minimum Gasteiger partial charge on any atom is -0.492 e. The lowest BCUT2D eigenvalue weighted by Crippen LogP contribution is -2.13. The molecule has 1 aliphatic heterocycles. The lowest BCUT2D eigenvalue weighted by Gasteiger charge is -2.21. The molecule has 1 aliphatic carbocycles. The second kappa shape index (κ2) is 9.69. The van der Waals surface area contributed by atoms with E-state index in [0.717, 1.165) is 11.3 Å². The van der Waals surface area contributed by atoms with E-state index in [-0.39, 0.29) is 42.1 Å². The third-order valence-corrected chi connectivity index (χ3v) is 7.42. The number of benzene rings is 3. The summed E-state index contributed by atoms with van der Waals surface area (Å²) in [6.07, 6.45) is -3.35. The molecule has 0 radical (unpaired) electrons. The van der Waals surface area contributed by atoms with Crippen molar-refractivity contribution >= 4 is 5.97 Å². The fraction of sp³-hybridized carbons (Fsp3) is 0.267. The lowest BCUT2D eigenvalue weighted by atomic mass is 9.90. The van der Waals surface area contributed by atoms with Crippen LogP contribution in [0.15, 0.2) is 60.8 Å². The molecule has 3 aromatic carbocycles. The monoisotopic (exact) mass is 552 g/mol. The molecule has 0 saturated heterocycles. The Morgan fingerprint density at radius 1 is 1.15 bits per heavy atom. The predicted molar refractivity (Wildman–Crippen MR) is 137 cm³/mol. The van der Waals surface area contributed by atoms with E-state index in [2.05, 4.69) is 5.10 Å². The van der Waals surface area contributed by atoms with Crippen LogP contribution in [0.4, 0.5) is 17.6 Å². The van der Waals surface area contributed by atoms with Crippen molar-refractivity contribution < 1.29 is 36.9 Å². The van der Waals surface area contributed by atoms with Crippen LogP contribution in [-0.2, 0) is 17.4 Å². The number of ether oxygens (including phenoxy) is 2. The highest BCUT2D eigenvalue weighted by Gasteiger charge is 2.40. The maximum absolute atomic E-state index is 15.3. The molecule has 0 fully saturated rings. The van der Waals surface area contributed by atoms with E-state index >= 15 is 4.39 Å². The smallest absolute Gasteiger partial charge is 0.417 e. The molecule has 4 aromatic rings. The number of fused-ring (bicyclic) bond motifs is 2. The molecule has 1 aromatic heterocycles. The molecule has 2 atom stereocenters. The highest BCUT2D eigenvalue weighted by Crippen LogP contribution is 2.48. The standard InChI is InChI=1S/C30H24F4N2O4/c1-16-10-11-36(35-16)19-4-2-17(3-5-19)28-22-8-9-25(29(22)24(31)14-23(28)30(32,33)34)40-20-6-7-21-18(12-27(37)38)15-39-26(21)13-20/h2-7,10-11,13-14,18,25H,8-9,12,15H2,1H3,(H,37,38)/t18?,25-/m1/s1. The SMILES string of the molecule is Cc1ccn(-c2ccc(-c3c(C(F)(F)F)cc(F)c4c3CC[C@H]4Oc3ccc4c(c3)OCC4CC(=O)O)cc2)n1. The summed E-state index contributed by atoms with van der Waals surface area (Å²) in [6, 6.07) is 13.9. The molecule has 40 heavy (non-hydrogen) atoms. The summed E-state index contributed by atoms with van der Waals surface area (Å²) in [6.45, 7) is 2.07. The quantitative estimate of drug-likeness (QED) is 0.260.